The maximum atomic E-state index is 11.4. The average molecular weight is 251 g/mol. The number of nitrogens with one attached hydrogen (secondary N) is 1. The lowest BCUT2D eigenvalue weighted by molar-refractivity contribution is 0.476. The minimum atomic E-state index is -2.76. The summed E-state index contributed by atoms with van der Waals surface area (Å²) in [5.41, 5.74) is 0. The molecule has 0 saturated carbocycles. The lowest BCUT2D eigenvalue weighted by Gasteiger charge is -2.23. The first kappa shape index (κ1) is 13.3. The van der Waals surface area contributed by atoms with Gasteiger partial charge in [0.05, 0.1) is 11.5 Å². The largest absolute Gasteiger partial charge is 0.313 e. The predicted molar refractivity (Wildman–Crippen MR) is 67.3 cm³/mol. The molecule has 2 unspecified atom stereocenters. The van der Waals surface area contributed by atoms with Gasteiger partial charge in [0.1, 0.15) is 0 Å². The molecule has 2 atom stereocenters. The second kappa shape index (κ2) is 6.11. The SMILES string of the molecule is CSC(C)CCNC1CCCS(=O)(=O)C1. The van der Waals surface area contributed by atoms with E-state index >= 15 is 0 Å². The van der Waals surface area contributed by atoms with Gasteiger partial charge in [0.2, 0.25) is 0 Å². The molecule has 5 heteroatoms. The fourth-order valence-electron chi connectivity index (χ4n) is 1.79. The van der Waals surface area contributed by atoms with Gasteiger partial charge in [-0.1, -0.05) is 6.92 Å². The molecule has 1 aliphatic rings. The van der Waals surface area contributed by atoms with Crippen LogP contribution in [0.5, 0.6) is 0 Å². The van der Waals surface area contributed by atoms with Crippen molar-refractivity contribution in [1.29, 1.82) is 0 Å². The van der Waals surface area contributed by atoms with Crippen LogP contribution in [0.1, 0.15) is 26.2 Å². The molecule has 0 aromatic heterocycles. The highest BCUT2D eigenvalue weighted by molar-refractivity contribution is 7.99. The highest BCUT2D eigenvalue weighted by atomic mass is 32.2. The topological polar surface area (TPSA) is 46.2 Å². The fourth-order valence-corrected chi connectivity index (χ4v) is 3.82. The zero-order chi connectivity index (χ0) is 11.3. The van der Waals surface area contributed by atoms with E-state index in [9.17, 15) is 8.42 Å². The number of hydrogen-bond acceptors (Lipinski definition) is 4. The van der Waals surface area contributed by atoms with Crippen LogP contribution in [0.15, 0.2) is 0 Å². The van der Waals surface area contributed by atoms with E-state index in [1.807, 2.05) is 11.8 Å². The molecule has 1 fully saturated rings. The molecule has 0 spiro atoms. The van der Waals surface area contributed by atoms with Crippen LogP contribution in [0.25, 0.3) is 0 Å². The van der Waals surface area contributed by atoms with Crippen LogP contribution in [-0.4, -0.2) is 44.0 Å². The maximum Gasteiger partial charge on any atom is 0.151 e. The summed E-state index contributed by atoms with van der Waals surface area (Å²) in [5.74, 6) is 0.715. The summed E-state index contributed by atoms with van der Waals surface area (Å²) in [6, 6.07) is 0.192. The first-order valence-electron chi connectivity index (χ1n) is 5.50. The zero-order valence-corrected chi connectivity index (χ0v) is 11.2. The van der Waals surface area contributed by atoms with Gasteiger partial charge in [-0.15, -0.1) is 0 Å². The Labute approximate surface area is 97.3 Å². The van der Waals surface area contributed by atoms with Crippen LogP contribution in [0, 0.1) is 0 Å². The van der Waals surface area contributed by atoms with Crippen molar-refractivity contribution in [2.45, 2.75) is 37.5 Å². The molecule has 0 aliphatic carbocycles. The molecular formula is C10H21NO2S2. The first-order chi connectivity index (χ1) is 7.03. The maximum absolute atomic E-state index is 11.4. The molecule has 0 bridgehead atoms. The van der Waals surface area contributed by atoms with E-state index < -0.39 is 9.84 Å². The highest BCUT2D eigenvalue weighted by Crippen LogP contribution is 2.13. The molecular weight excluding hydrogens is 230 g/mol. The average Bonchev–Trinajstić information content (AvgIpc) is 2.16. The van der Waals surface area contributed by atoms with Crippen LogP contribution >= 0.6 is 11.8 Å². The molecule has 0 radical (unpaired) electrons. The minimum absolute atomic E-state index is 0.192. The van der Waals surface area contributed by atoms with Crippen LogP contribution in [0.4, 0.5) is 0 Å². The van der Waals surface area contributed by atoms with Gasteiger partial charge in [-0.05, 0) is 32.1 Å². The van der Waals surface area contributed by atoms with E-state index in [2.05, 4.69) is 18.5 Å². The van der Waals surface area contributed by atoms with E-state index in [4.69, 9.17) is 0 Å². The highest BCUT2D eigenvalue weighted by Gasteiger charge is 2.23. The van der Waals surface area contributed by atoms with Crippen LogP contribution in [0.2, 0.25) is 0 Å². The summed E-state index contributed by atoms with van der Waals surface area (Å²) in [7, 11) is -2.76. The van der Waals surface area contributed by atoms with Gasteiger partial charge in [-0.3, -0.25) is 0 Å². The van der Waals surface area contributed by atoms with Crippen molar-refractivity contribution in [3.63, 3.8) is 0 Å². The van der Waals surface area contributed by atoms with Crippen LogP contribution in [0.3, 0.4) is 0 Å². The zero-order valence-electron chi connectivity index (χ0n) is 9.53. The minimum Gasteiger partial charge on any atom is -0.313 e. The van der Waals surface area contributed by atoms with E-state index in [0.29, 0.717) is 16.8 Å². The van der Waals surface area contributed by atoms with Crippen LogP contribution < -0.4 is 5.32 Å². The summed E-state index contributed by atoms with van der Waals surface area (Å²) in [6.07, 6.45) is 5.04. The third-order valence-corrected chi connectivity index (χ3v) is 5.71. The van der Waals surface area contributed by atoms with Crippen LogP contribution in [-0.2, 0) is 9.84 Å². The molecule has 90 valence electrons. The Morgan fingerprint density at radius 3 is 2.87 bits per heavy atom. The molecule has 3 nitrogen and oxygen atoms in total. The summed E-state index contributed by atoms with van der Waals surface area (Å²) >= 11 is 1.85. The van der Waals surface area contributed by atoms with Gasteiger partial charge in [0.25, 0.3) is 0 Å². The Bertz CT molecular complexity index is 277. The lowest BCUT2D eigenvalue weighted by atomic mass is 10.2. The van der Waals surface area contributed by atoms with Crippen molar-refractivity contribution in [1.82, 2.24) is 5.32 Å². The lowest BCUT2D eigenvalue weighted by Crippen LogP contribution is -2.40. The smallest absolute Gasteiger partial charge is 0.151 e. The predicted octanol–water partition coefficient (Wildman–Crippen LogP) is 1.29. The van der Waals surface area contributed by atoms with E-state index in [-0.39, 0.29) is 6.04 Å². The molecule has 1 N–H and O–H groups in total. The second-order valence-electron chi connectivity index (χ2n) is 4.24. The molecule has 1 heterocycles. The number of sulfone groups is 1. The third kappa shape index (κ3) is 5.22. The summed E-state index contributed by atoms with van der Waals surface area (Å²) in [6.45, 7) is 3.13. The van der Waals surface area contributed by atoms with Gasteiger partial charge in [-0.25, -0.2) is 8.42 Å². The second-order valence-corrected chi connectivity index (χ2v) is 7.75. The van der Waals surface area contributed by atoms with E-state index in [0.717, 1.165) is 25.8 Å². The first-order valence-corrected chi connectivity index (χ1v) is 8.61. The van der Waals surface area contributed by atoms with Crippen molar-refractivity contribution >= 4 is 21.6 Å². The summed E-state index contributed by atoms with van der Waals surface area (Å²) < 4.78 is 22.7. The molecule has 0 amide bonds. The fraction of sp³-hybridized carbons (Fsp3) is 1.00. The number of rotatable bonds is 5. The van der Waals surface area contributed by atoms with Crippen molar-refractivity contribution in [2.75, 3.05) is 24.3 Å². The molecule has 0 aromatic rings. The summed E-state index contributed by atoms with van der Waals surface area (Å²) in [4.78, 5) is 0. The molecule has 1 rings (SSSR count). The Balaban J connectivity index is 2.22. The summed E-state index contributed by atoms with van der Waals surface area (Å²) in [5, 5.41) is 4.00. The molecule has 1 aliphatic heterocycles. The monoisotopic (exact) mass is 251 g/mol. The van der Waals surface area contributed by atoms with Gasteiger partial charge >= 0.3 is 0 Å². The van der Waals surface area contributed by atoms with Gasteiger partial charge in [0.15, 0.2) is 9.84 Å². The molecule has 1 saturated heterocycles. The third-order valence-electron chi connectivity index (χ3n) is 2.85. The Morgan fingerprint density at radius 1 is 1.53 bits per heavy atom. The Morgan fingerprint density at radius 2 is 2.27 bits per heavy atom. The standard InChI is InChI=1S/C10H21NO2S2/c1-9(14-2)5-6-11-10-4-3-7-15(12,13)8-10/h9-11H,3-8H2,1-2H3. The normalized spacial score (nSPS) is 27.5. The van der Waals surface area contributed by atoms with Gasteiger partial charge in [0, 0.05) is 11.3 Å². The number of thioether (sulfide) groups is 1. The van der Waals surface area contributed by atoms with Crippen molar-refractivity contribution < 1.29 is 8.42 Å². The Kier molecular flexibility index (Phi) is 5.43. The molecule has 15 heavy (non-hydrogen) atoms. The van der Waals surface area contributed by atoms with E-state index in [1.54, 1.807) is 0 Å². The van der Waals surface area contributed by atoms with Gasteiger partial charge in [-0.2, -0.15) is 11.8 Å². The quantitative estimate of drug-likeness (QED) is 0.800. The van der Waals surface area contributed by atoms with Crippen molar-refractivity contribution in [2.24, 2.45) is 0 Å². The molecule has 0 aromatic carbocycles. The Hall–Kier alpha value is 0.260. The van der Waals surface area contributed by atoms with Crippen molar-refractivity contribution in [3.05, 3.63) is 0 Å². The van der Waals surface area contributed by atoms with Crippen molar-refractivity contribution in [3.8, 4) is 0 Å². The van der Waals surface area contributed by atoms with Gasteiger partial charge < -0.3 is 5.32 Å². The van der Waals surface area contributed by atoms with E-state index in [1.165, 1.54) is 0 Å². The number of hydrogen-bond donors (Lipinski definition) is 1.